The van der Waals surface area contributed by atoms with Crippen LogP contribution in [-0.2, 0) is 4.79 Å². The number of ether oxygens (including phenoxy) is 1. The summed E-state index contributed by atoms with van der Waals surface area (Å²) in [4.78, 5) is 34.4. The van der Waals surface area contributed by atoms with Gasteiger partial charge in [0.25, 0.3) is 5.69 Å². The molecule has 1 N–H and O–H groups in total. The first kappa shape index (κ1) is 17.9. The topological polar surface area (TPSA) is 112 Å². The van der Waals surface area contributed by atoms with Crippen LogP contribution in [0.1, 0.15) is 5.56 Å². The van der Waals surface area contributed by atoms with Crippen molar-refractivity contribution in [2.75, 3.05) is 12.4 Å². The number of hydrogen-bond donors (Lipinski definition) is 1. The van der Waals surface area contributed by atoms with E-state index in [0.29, 0.717) is 16.7 Å². The second-order valence-electron chi connectivity index (χ2n) is 5.49. The van der Waals surface area contributed by atoms with Crippen LogP contribution in [0.4, 0.5) is 11.4 Å². The van der Waals surface area contributed by atoms with Gasteiger partial charge in [0, 0.05) is 29.2 Å². The number of nitrogens with one attached hydrogen (secondary N) is 1. The van der Waals surface area contributed by atoms with Crippen LogP contribution >= 0.6 is 0 Å². The Bertz CT molecular complexity index is 1120. The third-order valence-electron chi connectivity index (χ3n) is 3.74. The molecule has 0 saturated heterocycles. The number of nitro benzene ring substituents is 1. The highest BCUT2D eigenvalue weighted by Crippen LogP contribution is 2.22. The van der Waals surface area contributed by atoms with Crippen LogP contribution in [0.15, 0.2) is 63.8 Å². The molecule has 0 saturated carbocycles. The van der Waals surface area contributed by atoms with E-state index < -0.39 is 16.5 Å². The minimum atomic E-state index is -0.754. The van der Waals surface area contributed by atoms with Gasteiger partial charge in [-0.25, -0.2) is 4.79 Å². The Kier molecular flexibility index (Phi) is 4.98. The fourth-order valence-electron chi connectivity index (χ4n) is 2.46. The highest BCUT2D eigenvalue weighted by atomic mass is 16.6. The van der Waals surface area contributed by atoms with E-state index in [1.165, 1.54) is 37.5 Å². The summed E-state index contributed by atoms with van der Waals surface area (Å²) in [6.45, 7) is 0. The lowest BCUT2D eigenvalue weighted by Gasteiger charge is -2.04. The second kappa shape index (κ2) is 7.52. The SMILES string of the molecule is COc1ccccc1/C=C/C(=O)Nc1cc2cc([N+](=O)[O-])ccc2oc1=O. The average Bonchev–Trinajstić information content (AvgIpc) is 2.66. The molecule has 0 unspecified atom stereocenters. The molecule has 0 aliphatic carbocycles. The number of anilines is 1. The molecule has 2 aromatic carbocycles. The maximum absolute atomic E-state index is 12.1. The first-order valence-corrected chi connectivity index (χ1v) is 7.82. The van der Waals surface area contributed by atoms with Crippen LogP contribution in [0.2, 0.25) is 0 Å². The van der Waals surface area contributed by atoms with Gasteiger partial charge in [-0.1, -0.05) is 18.2 Å². The number of benzene rings is 2. The van der Waals surface area contributed by atoms with Crippen LogP contribution in [0.5, 0.6) is 5.75 Å². The summed E-state index contributed by atoms with van der Waals surface area (Å²) in [7, 11) is 1.52. The molecule has 0 spiro atoms. The van der Waals surface area contributed by atoms with E-state index in [0.717, 1.165) is 0 Å². The number of hydrogen-bond acceptors (Lipinski definition) is 6. The minimum Gasteiger partial charge on any atom is -0.496 e. The van der Waals surface area contributed by atoms with Crippen molar-refractivity contribution in [3.63, 3.8) is 0 Å². The van der Waals surface area contributed by atoms with E-state index in [9.17, 15) is 19.7 Å². The maximum atomic E-state index is 12.1. The van der Waals surface area contributed by atoms with Crippen LogP contribution < -0.4 is 15.7 Å². The molecule has 3 rings (SSSR count). The van der Waals surface area contributed by atoms with Crippen LogP contribution in [-0.4, -0.2) is 17.9 Å². The summed E-state index contributed by atoms with van der Waals surface area (Å²) in [6.07, 6.45) is 2.79. The van der Waals surface area contributed by atoms with Gasteiger partial charge in [0.05, 0.1) is 12.0 Å². The van der Waals surface area contributed by atoms with Gasteiger partial charge in [0.1, 0.15) is 17.0 Å². The summed E-state index contributed by atoms with van der Waals surface area (Å²) >= 11 is 0. The van der Waals surface area contributed by atoms with E-state index in [1.807, 2.05) is 0 Å². The first-order chi connectivity index (χ1) is 13.0. The number of non-ortho nitro benzene ring substituents is 1. The van der Waals surface area contributed by atoms with Crippen molar-refractivity contribution in [3.8, 4) is 5.75 Å². The molecule has 0 aliphatic heterocycles. The Balaban J connectivity index is 1.85. The Labute approximate surface area is 152 Å². The van der Waals surface area contributed by atoms with Gasteiger partial charge in [-0.3, -0.25) is 14.9 Å². The van der Waals surface area contributed by atoms with Gasteiger partial charge < -0.3 is 14.5 Å². The van der Waals surface area contributed by atoms with Crippen molar-refractivity contribution in [2.24, 2.45) is 0 Å². The largest absolute Gasteiger partial charge is 0.496 e. The summed E-state index contributed by atoms with van der Waals surface area (Å²) in [5.74, 6) is 0.0389. The Hall–Kier alpha value is -3.94. The average molecular weight is 366 g/mol. The fraction of sp³-hybridized carbons (Fsp3) is 0.0526. The van der Waals surface area contributed by atoms with Crippen molar-refractivity contribution in [3.05, 3.63) is 80.7 Å². The fourth-order valence-corrected chi connectivity index (χ4v) is 2.46. The Morgan fingerprint density at radius 1 is 1.22 bits per heavy atom. The lowest BCUT2D eigenvalue weighted by Crippen LogP contribution is -2.15. The molecule has 27 heavy (non-hydrogen) atoms. The minimum absolute atomic E-state index is 0.113. The summed E-state index contributed by atoms with van der Waals surface area (Å²) in [6, 6.07) is 12.3. The number of fused-ring (bicyclic) bond motifs is 1. The molecule has 136 valence electrons. The Morgan fingerprint density at radius 2 is 2.00 bits per heavy atom. The lowest BCUT2D eigenvalue weighted by atomic mass is 10.2. The number of rotatable bonds is 5. The van der Waals surface area contributed by atoms with Crippen LogP contribution in [0.25, 0.3) is 17.0 Å². The van der Waals surface area contributed by atoms with Crippen LogP contribution in [0, 0.1) is 10.1 Å². The molecule has 3 aromatic rings. The molecule has 0 aliphatic rings. The molecular weight excluding hydrogens is 352 g/mol. The van der Waals surface area contributed by atoms with Gasteiger partial charge in [-0.05, 0) is 24.3 Å². The number of nitro groups is 1. The number of para-hydroxylation sites is 1. The van der Waals surface area contributed by atoms with E-state index in [1.54, 1.807) is 30.3 Å². The highest BCUT2D eigenvalue weighted by molar-refractivity contribution is 6.02. The zero-order valence-electron chi connectivity index (χ0n) is 14.2. The van der Waals surface area contributed by atoms with Gasteiger partial charge in [-0.2, -0.15) is 0 Å². The van der Waals surface area contributed by atoms with Crippen molar-refractivity contribution in [2.45, 2.75) is 0 Å². The van der Waals surface area contributed by atoms with Crippen molar-refractivity contribution >= 4 is 34.3 Å². The molecular formula is C19H14N2O6. The van der Waals surface area contributed by atoms with Gasteiger partial charge >= 0.3 is 5.63 Å². The molecule has 1 aromatic heterocycles. The van der Waals surface area contributed by atoms with Gasteiger partial charge in [0.15, 0.2) is 0 Å². The standard InChI is InChI=1S/C19H14N2O6/c1-26-16-5-3-2-4-12(16)6-9-18(22)20-15-11-13-10-14(21(24)25)7-8-17(13)27-19(15)23/h2-11H,1H3,(H,20,22)/b9-6+. The highest BCUT2D eigenvalue weighted by Gasteiger charge is 2.11. The van der Waals surface area contributed by atoms with Crippen molar-refractivity contribution in [1.29, 1.82) is 0 Å². The number of carbonyl (C=O) groups excluding carboxylic acids is 1. The zero-order chi connectivity index (χ0) is 19.4. The normalized spacial score (nSPS) is 10.9. The van der Waals surface area contributed by atoms with E-state index in [2.05, 4.69) is 5.32 Å². The first-order valence-electron chi connectivity index (χ1n) is 7.82. The predicted molar refractivity (Wildman–Crippen MR) is 99.8 cm³/mol. The molecule has 8 nitrogen and oxygen atoms in total. The molecule has 0 bridgehead atoms. The summed E-state index contributed by atoms with van der Waals surface area (Å²) in [5, 5.41) is 13.6. The van der Waals surface area contributed by atoms with Gasteiger partial charge in [0.2, 0.25) is 5.91 Å². The third kappa shape index (κ3) is 4.01. The maximum Gasteiger partial charge on any atom is 0.360 e. The summed E-state index contributed by atoms with van der Waals surface area (Å²) < 4.78 is 10.3. The molecule has 1 amide bonds. The molecule has 8 heteroatoms. The number of nitrogens with zero attached hydrogens (tertiary/aromatic N) is 1. The predicted octanol–water partition coefficient (Wildman–Crippen LogP) is 3.36. The van der Waals surface area contributed by atoms with Crippen LogP contribution in [0.3, 0.4) is 0 Å². The van der Waals surface area contributed by atoms with Crippen molar-refractivity contribution < 1.29 is 18.9 Å². The number of carbonyl (C=O) groups is 1. The van der Waals surface area contributed by atoms with Gasteiger partial charge in [-0.15, -0.1) is 0 Å². The van der Waals surface area contributed by atoms with Crippen molar-refractivity contribution in [1.82, 2.24) is 0 Å². The molecule has 1 heterocycles. The quantitative estimate of drug-likeness (QED) is 0.321. The molecule has 0 atom stereocenters. The number of methoxy groups -OCH3 is 1. The monoisotopic (exact) mass is 366 g/mol. The number of amides is 1. The zero-order valence-corrected chi connectivity index (χ0v) is 14.2. The molecule has 0 fully saturated rings. The Morgan fingerprint density at radius 3 is 2.74 bits per heavy atom. The molecule has 0 radical (unpaired) electrons. The summed E-state index contributed by atoms with van der Waals surface area (Å²) in [5.41, 5.74) is -0.137. The van der Waals surface area contributed by atoms with E-state index in [4.69, 9.17) is 9.15 Å². The second-order valence-corrected chi connectivity index (χ2v) is 5.49. The smallest absolute Gasteiger partial charge is 0.360 e. The van der Waals surface area contributed by atoms with E-state index in [-0.39, 0.29) is 17.0 Å². The third-order valence-corrected chi connectivity index (χ3v) is 3.74. The lowest BCUT2D eigenvalue weighted by molar-refractivity contribution is -0.384. The van der Waals surface area contributed by atoms with E-state index >= 15 is 0 Å².